The van der Waals surface area contributed by atoms with Crippen LogP contribution < -0.4 is 16.1 Å². The highest BCUT2D eigenvalue weighted by atomic mass is 19.1. The second kappa shape index (κ2) is 8.03. The van der Waals surface area contributed by atoms with Crippen LogP contribution in [-0.2, 0) is 26.6 Å². The zero-order chi connectivity index (χ0) is 23.3. The predicted molar refractivity (Wildman–Crippen MR) is 127 cm³/mol. The maximum atomic E-state index is 14.3. The summed E-state index contributed by atoms with van der Waals surface area (Å²) < 4.78 is 18.6. The van der Waals surface area contributed by atoms with Gasteiger partial charge in [0, 0.05) is 31.4 Å². The van der Waals surface area contributed by atoms with Crippen LogP contribution in [0.1, 0.15) is 25.0 Å². The van der Waals surface area contributed by atoms with E-state index < -0.39 is 17.1 Å². The summed E-state index contributed by atoms with van der Waals surface area (Å²) in [6.45, 7) is 5.48. The lowest BCUT2D eigenvalue weighted by molar-refractivity contribution is 0.458. The van der Waals surface area contributed by atoms with E-state index in [2.05, 4.69) is 43.0 Å². The van der Waals surface area contributed by atoms with Gasteiger partial charge in [-0.05, 0) is 36.1 Å². The lowest BCUT2D eigenvalue weighted by Crippen LogP contribution is -2.40. The number of imidazole rings is 1. The van der Waals surface area contributed by atoms with Gasteiger partial charge in [-0.2, -0.15) is 4.98 Å². The molecule has 0 saturated heterocycles. The number of anilines is 2. The van der Waals surface area contributed by atoms with Crippen LogP contribution in [0.4, 0.5) is 16.0 Å². The van der Waals surface area contributed by atoms with E-state index in [1.54, 1.807) is 25.2 Å². The first kappa shape index (κ1) is 21.2. The molecule has 4 aromatic rings. The second-order valence-electron chi connectivity index (χ2n) is 8.75. The van der Waals surface area contributed by atoms with Gasteiger partial charge in [0.05, 0.1) is 6.54 Å². The van der Waals surface area contributed by atoms with E-state index in [1.165, 1.54) is 16.2 Å². The minimum Gasteiger partial charge on any atom is -0.312 e. The fourth-order valence-corrected chi connectivity index (χ4v) is 4.57. The normalized spacial score (nSPS) is 15.8. The molecule has 0 N–H and O–H groups in total. The largest absolute Gasteiger partial charge is 0.332 e. The van der Waals surface area contributed by atoms with E-state index in [9.17, 15) is 14.0 Å². The maximum Gasteiger partial charge on any atom is 0.332 e. The zero-order valence-corrected chi connectivity index (χ0v) is 19.0. The van der Waals surface area contributed by atoms with Gasteiger partial charge in [-0.1, -0.05) is 44.2 Å². The third kappa shape index (κ3) is 3.46. The Bertz CT molecular complexity index is 1470. The van der Waals surface area contributed by atoms with Crippen molar-refractivity contribution in [3.8, 4) is 0 Å². The molecular weight excluding hydrogens is 421 g/mol. The summed E-state index contributed by atoms with van der Waals surface area (Å²) in [6, 6.07) is 14.5. The van der Waals surface area contributed by atoms with Crippen molar-refractivity contribution < 1.29 is 4.39 Å². The van der Waals surface area contributed by atoms with E-state index in [0.29, 0.717) is 29.2 Å². The van der Waals surface area contributed by atoms with E-state index in [4.69, 9.17) is 4.98 Å². The molecule has 0 saturated carbocycles. The number of hydrogen-bond acceptors (Lipinski definition) is 4. The van der Waals surface area contributed by atoms with Gasteiger partial charge in [-0.25, -0.2) is 9.18 Å². The molecule has 7 nitrogen and oxygen atoms in total. The number of nitrogens with zero attached hydrogens (tertiary/aromatic N) is 5. The third-order valence-corrected chi connectivity index (χ3v) is 6.38. The van der Waals surface area contributed by atoms with Crippen molar-refractivity contribution >= 4 is 22.8 Å². The van der Waals surface area contributed by atoms with Gasteiger partial charge in [0.25, 0.3) is 5.56 Å². The summed E-state index contributed by atoms with van der Waals surface area (Å²) in [5.74, 6) is 0.456. The molecule has 0 radical (unpaired) electrons. The summed E-state index contributed by atoms with van der Waals surface area (Å²) in [5, 5.41) is 0. The van der Waals surface area contributed by atoms with E-state index >= 15 is 0 Å². The molecule has 0 amide bonds. The molecule has 3 heterocycles. The van der Waals surface area contributed by atoms with Gasteiger partial charge >= 0.3 is 5.69 Å². The molecule has 0 aliphatic carbocycles. The highest BCUT2D eigenvalue weighted by molar-refractivity contribution is 5.77. The highest BCUT2D eigenvalue weighted by Crippen LogP contribution is 2.33. The molecule has 2 aromatic heterocycles. The molecule has 33 heavy (non-hydrogen) atoms. The number of benzene rings is 2. The Hall–Kier alpha value is -3.68. The van der Waals surface area contributed by atoms with Gasteiger partial charge in [0.2, 0.25) is 5.95 Å². The molecule has 2 aromatic carbocycles. The molecule has 5 rings (SSSR count). The average molecular weight is 448 g/mol. The summed E-state index contributed by atoms with van der Waals surface area (Å²) in [6.07, 6.45) is 0.957. The Morgan fingerprint density at radius 2 is 1.79 bits per heavy atom. The zero-order valence-electron chi connectivity index (χ0n) is 19.0. The molecule has 0 bridgehead atoms. The second-order valence-corrected chi connectivity index (χ2v) is 8.75. The van der Waals surface area contributed by atoms with Crippen LogP contribution in [0.5, 0.6) is 0 Å². The quantitative estimate of drug-likeness (QED) is 0.481. The van der Waals surface area contributed by atoms with Crippen molar-refractivity contribution in [3.63, 3.8) is 0 Å². The monoisotopic (exact) mass is 447 g/mol. The Labute approximate surface area is 190 Å². The first-order valence-electron chi connectivity index (χ1n) is 11.2. The van der Waals surface area contributed by atoms with Gasteiger partial charge in [0.1, 0.15) is 5.82 Å². The van der Waals surface area contributed by atoms with Crippen LogP contribution in [0.3, 0.4) is 0 Å². The Morgan fingerprint density at radius 3 is 2.48 bits per heavy atom. The minimum absolute atomic E-state index is 0.133. The van der Waals surface area contributed by atoms with Gasteiger partial charge in [0.15, 0.2) is 11.2 Å². The summed E-state index contributed by atoms with van der Waals surface area (Å²) in [7, 11) is 1.60. The van der Waals surface area contributed by atoms with E-state index in [-0.39, 0.29) is 12.5 Å². The van der Waals surface area contributed by atoms with Crippen molar-refractivity contribution in [1.82, 2.24) is 18.7 Å². The Morgan fingerprint density at radius 1 is 1.06 bits per heavy atom. The van der Waals surface area contributed by atoms with Crippen LogP contribution in [0.25, 0.3) is 11.2 Å². The maximum absolute atomic E-state index is 14.3. The molecular formula is C25H26FN5O2. The van der Waals surface area contributed by atoms with Gasteiger partial charge in [-0.15, -0.1) is 0 Å². The van der Waals surface area contributed by atoms with E-state index in [0.717, 1.165) is 23.2 Å². The number of aromatic nitrogens is 4. The SMILES string of the molecule is CCc1ccc(N2C[C@@H](C)Cn3c2nc2c3c(=O)n(Cc3ccccc3F)c(=O)n2C)cc1. The number of halogens is 1. The standard InChI is InChI=1S/C25H26FN5O2/c1-4-17-9-11-19(12-10-17)29-13-16(2)14-30-21-22(27-24(29)30)28(3)25(33)31(23(21)32)15-18-7-5-6-8-20(18)26/h5-12,16H,4,13-15H2,1-3H3/t16-/m1/s1. The smallest absolute Gasteiger partial charge is 0.312 e. The molecule has 1 aliphatic rings. The Kier molecular flexibility index (Phi) is 5.15. The van der Waals surface area contributed by atoms with Crippen LogP contribution in [-0.4, -0.2) is 25.2 Å². The topological polar surface area (TPSA) is 65.1 Å². The average Bonchev–Trinajstić information content (AvgIpc) is 3.20. The van der Waals surface area contributed by atoms with Crippen molar-refractivity contribution in [3.05, 3.63) is 86.3 Å². The van der Waals surface area contributed by atoms with E-state index in [1.807, 2.05) is 4.57 Å². The van der Waals surface area contributed by atoms with Crippen LogP contribution in [0.2, 0.25) is 0 Å². The molecule has 0 unspecified atom stereocenters. The highest BCUT2D eigenvalue weighted by Gasteiger charge is 2.30. The van der Waals surface area contributed by atoms with Gasteiger partial charge < -0.3 is 9.47 Å². The first-order valence-corrected chi connectivity index (χ1v) is 11.2. The lowest BCUT2D eigenvalue weighted by Gasteiger charge is -2.33. The molecule has 8 heteroatoms. The van der Waals surface area contributed by atoms with Gasteiger partial charge in [-0.3, -0.25) is 13.9 Å². The van der Waals surface area contributed by atoms with Crippen molar-refractivity contribution in [1.29, 1.82) is 0 Å². The fourth-order valence-electron chi connectivity index (χ4n) is 4.57. The minimum atomic E-state index is -0.516. The summed E-state index contributed by atoms with van der Waals surface area (Å²) in [5.41, 5.74) is 2.27. The molecule has 1 aliphatic heterocycles. The number of fused-ring (bicyclic) bond motifs is 3. The molecule has 0 spiro atoms. The summed E-state index contributed by atoms with van der Waals surface area (Å²) in [4.78, 5) is 33.4. The van der Waals surface area contributed by atoms with Crippen LogP contribution in [0.15, 0.2) is 58.1 Å². The number of aryl methyl sites for hydroxylation is 2. The molecule has 170 valence electrons. The molecule has 0 fully saturated rings. The predicted octanol–water partition coefficient (Wildman–Crippen LogP) is 3.43. The number of hydrogen-bond donors (Lipinski definition) is 0. The summed E-state index contributed by atoms with van der Waals surface area (Å²) >= 11 is 0. The number of rotatable bonds is 4. The van der Waals surface area contributed by atoms with Crippen molar-refractivity contribution in [2.24, 2.45) is 13.0 Å². The van der Waals surface area contributed by atoms with Crippen LogP contribution in [0, 0.1) is 11.7 Å². The third-order valence-electron chi connectivity index (χ3n) is 6.38. The molecule has 1 atom stereocenters. The lowest BCUT2D eigenvalue weighted by atomic mass is 10.1. The fraction of sp³-hybridized carbons (Fsp3) is 0.320. The van der Waals surface area contributed by atoms with Crippen molar-refractivity contribution in [2.75, 3.05) is 11.4 Å². The first-order chi connectivity index (χ1) is 15.9. The van der Waals surface area contributed by atoms with Crippen molar-refractivity contribution in [2.45, 2.75) is 33.4 Å². The van der Waals surface area contributed by atoms with Crippen LogP contribution >= 0.6 is 0 Å². The Balaban J connectivity index is 1.70.